The summed E-state index contributed by atoms with van der Waals surface area (Å²) in [5, 5.41) is 6.12. The summed E-state index contributed by atoms with van der Waals surface area (Å²) in [7, 11) is 4.54. The molecule has 0 aliphatic rings. The summed E-state index contributed by atoms with van der Waals surface area (Å²) in [4.78, 5) is 12.1. The van der Waals surface area contributed by atoms with E-state index in [1.165, 1.54) is 21.3 Å². The maximum atomic E-state index is 12.1. The summed E-state index contributed by atoms with van der Waals surface area (Å²) in [6.07, 6.45) is 0. The Kier molecular flexibility index (Phi) is 7.43. The molecule has 2 amide bonds. The molecule has 2 aromatic rings. The van der Waals surface area contributed by atoms with Crippen LogP contribution in [-0.2, 0) is 0 Å². The van der Waals surface area contributed by atoms with Gasteiger partial charge in [-0.15, -0.1) is 0 Å². The number of urea groups is 1. The highest BCUT2D eigenvalue weighted by atomic mass is 35.5. The molecular formula is C19H23ClN2O5. The predicted molar refractivity (Wildman–Crippen MR) is 105 cm³/mol. The largest absolute Gasteiger partial charge is 0.493 e. The number of carbonyl (C=O) groups is 1. The number of ether oxygens (including phenoxy) is 4. The standard InChI is InChI=1S/C19H23ClN2O5/c1-12-9-14(5-6-15(12)20)27-8-7-21-19(23)22-13-10-16(24-2)18(26-4)17(11-13)25-3/h5-6,9-11H,7-8H2,1-4H3,(H2,21,22,23). The maximum absolute atomic E-state index is 12.1. The molecule has 27 heavy (non-hydrogen) atoms. The molecule has 0 aliphatic carbocycles. The molecule has 0 radical (unpaired) electrons. The molecule has 0 aliphatic heterocycles. The third kappa shape index (κ3) is 5.59. The quantitative estimate of drug-likeness (QED) is 0.664. The molecular weight excluding hydrogens is 372 g/mol. The molecule has 8 heteroatoms. The molecule has 0 atom stereocenters. The van der Waals surface area contributed by atoms with Gasteiger partial charge < -0.3 is 29.6 Å². The summed E-state index contributed by atoms with van der Waals surface area (Å²) in [5.74, 6) is 2.06. The first-order valence-corrected chi connectivity index (χ1v) is 8.60. The van der Waals surface area contributed by atoms with E-state index in [1.807, 2.05) is 13.0 Å². The average molecular weight is 395 g/mol. The third-order valence-corrected chi connectivity index (χ3v) is 4.13. The highest BCUT2D eigenvalue weighted by Crippen LogP contribution is 2.39. The van der Waals surface area contributed by atoms with Gasteiger partial charge in [0.25, 0.3) is 0 Å². The lowest BCUT2D eigenvalue weighted by molar-refractivity contribution is 0.247. The van der Waals surface area contributed by atoms with E-state index >= 15 is 0 Å². The molecule has 0 spiro atoms. The van der Waals surface area contributed by atoms with Gasteiger partial charge in [-0.1, -0.05) is 11.6 Å². The van der Waals surface area contributed by atoms with Crippen LogP contribution in [0.5, 0.6) is 23.0 Å². The second-order valence-corrected chi connectivity index (χ2v) is 5.96. The molecule has 2 rings (SSSR count). The number of anilines is 1. The molecule has 2 N–H and O–H groups in total. The van der Waals surface area contributed by atoms with E-state index in [1.54, 1.807) is 24.3 Å². The van der Waals surface area contributed by atoms with Crippen LogP contribution in [0.2, 0.25) is 5.02 Å². The van der Waals surface area contributed by atoms with E-state index < -0.39 is 0 Å². The van der Waals surface area contributed by atoms with E-state index in [0.29, 0.717) is 46.9 Å². The topological polar surface area (TPSA) is 78.1 Å². The fraction of sp³-hybridized carbons (Fsp3) is 0.316. The number of amides is 2. The second kappa shape index (κ2) is 9.78. The van der Waals surface area contributed by atoms with Crippen LogP contribution >= 0.6 is 11.6 Å². The van der Waals surface area contributed by atoms with E-state index in [-0.39, 0.29) is 6.03 Å². The van der Waals surface area contributed by atoms with Gasteiger partial charge in [0.1, 0.15) is 12.4 Å². The Balaban J connectivity index is 1.87. The van der Waals surface area contributed by atoms with Crippen LogP contribution in [0, 0.1) is 6.92 Å². The molecule has 7 nitrogen and oxygen atoms in total. The molecule has 0 unspecified atom stereocenters. The number of hydrogen-bond acceptors (Lipinski definition) is 5. The lowest BCUT2D eigenvalue weighted by atomic mass is 10.2. The Hall–Kier alpha value is -2.80. The van der Waals surface area contributed by atoms with Gasteiger partial charge in [0.2, 0.25) is 5.75 Å². The molecule has 2 aromatic carbocycles. The van der Waals surface area contributed by atoms with Crippen molar-refractivity contribution in [1.82, 2.24) is 5.32 Å². The van der Waals surface area contributed by atoms with Crippen molar-refractivity contribution in [3.8, 4) is 23.0 Å². The van der Waals surface area contributed by atoms with Crippen molar-refractivity contribution in [3.63, 3.8) is 0 Å². The molecule has 0 bridgehead atoms. The number of rotatable bonds is 8. The zero-order valence-electron chi connectivity index (χ0n) is 15.7. The number of hydrogen-bond donors (Lipinski definition) is 2. The molecule has 0 aromatic heterocycles. The Morgan fingerprint density at radius 3 is 2.26 bits per heavy atom. The predicted octanol–water partition coefficient (Wildman–Crippen LogP) is 3.87. The smallest absolute Gasteiger partial charge is 0.319 e. The molecule has 146 valence electrons. The van der Waals surface area contributed by atoms with Gasteiger partial charge in [0.15, 0.2) is 11.5 Å². The average Bonchev–Trinajstić information content (AvgIpc) is 2.67. The van der Waals surface area contributed by atoms with Crippen LogP contribution in [0.3, 0.4) is 0 Å². The van der Waals surface area contributed by atoms with E-state index in [4.69, 9.17) is 30.5 Å². The molecule has 0 fully saturated rings. The van der Waals surface area contributed by atoms with Gasteiger partial charge in [-0.25, -0.2) is 4.79 Å². The van der Waals surface area contributed by atoms with Crippen molar-refractivity contribution in [1.29, 1.82) is 0 Å². The summed E-state index contributed by atoms with van der Waals surface area (Å²) >= 11 is 5.98. The molecule has 0 saturated heterocycles. The number of nitrogens with one attached hydrogen (secondary N) is 2. The zero-order valence-corrected chi connectivity index (χ0v) is 16.5. The Morgan fingerprint density at radius 1 is 1.04 bits per heavy atom. The van der Waals surface area contributed by atoms with Crippen LogP contribution in [0.1, 0.15) is 5.56 Å². The zero-order chi connectivity index (χ0) is 19.8. The normalized spacial score (nSPS) is 10.1. The van der Waals surface area contributed by atoms with Gasteiger partial charge in [0.05, 0.1) is 33.6 Å². The first-order valence-electron chi connectivity index (χ1n) is 8.22. The van der Waals surface area contributed by atoms with Crippen molar-refractivity contribution < 1.29 is 23.7 Å². The van der Waals surface area contributed by atoms with Crippen molar-refractivity contribution >= 4 is 23.3 Å². The van der Waals surface area contributed by atoms with Crippen molar-refractivity contribution in [3.05, 3.63) is 40.9 Å². The lowest BCUT2D eigenvalue weighted by Crippen LogP contribution is -2.32. The SMILES string of the molecule is COc1cc(NC(=O)NCCOc2ccc(Cl)c(C)c2)cc(OC)c1OC. The Bertz CT molecular complexity index is 773. The summed E-state index contributed by atoms with van der Waals surface area (Å²) in [5.41, 5.74) is 1.44. The van der Waals surface area contributed by atoms with Crippen molar-refractivity contribution in [2.75, 3.05) is 39.8 Å². The Morgan fingerprint density at radius 2 is 1.70 bits per heavy atom. The fourth-order valence-electron chi connectivity index (χ4n) is 2.37. The highest BCUT2D eigenvalue weighted by molar-refractivity contribution is 6.31. The lowest BCUT2D eigenvalue weighted by Gasteiger charge is -2.15. The van der Waals surface area contributed by atoms with Gasteiger partial charge in [-0.2, -0.15) is 0 Å². The van der Waals surface area contributed by atoms with Gasteiger partial charge >= 0.3 is 6.03 Å². The summed E-state index contributed by atoms with van der Waals surface area (Å²) in [6.45, 7) is 2.56. The monoisotopic (exact) mass is 394 g/mol. The third-order valence-electron chi connectivity index (χ3n) is 3.71. The highest BCUT2D eigenvalue weighted by Gasteiger charge is 2.14. The number of carbonyl (C=O) groups excluding carboxylic acids is 1. The number of aryl methyl sites for hydroxylation is 1. The number of methoxy groups -OCH3 is 3. The number of benzene rings is 2. The van der Waals surface area contributed by atoms with Crippen LogP contribution in [0.4, 0.5) is 10.5 Å². The Labute approximate surface area is 163 Å². The van der Waals surface area contributed by atoms with Crippen molar-refractivity contribution in [2.45, 2.75) is 6.92 Å². The van der Waals surface area contributed by atoms with Crippen LogP contribution in [-0.4, -0.2) is 40.5 Å². The minimum absolute atomic E-state index is 0.323. The van der Waals surface area contributed by atoms with Gasteiger partial charge in [-0.3, -0.25) is 0 Å². The molecule has 0 saturated carbocycles. The van der Waals surface area contributed by atoms with Gasteiger partial charge in [0, 0.05) is 17.2 Å². The minimum Gasteiger partial charge on any atom is -0.493 e. The maximum Gasteiger partial charge on any atom is 0.319 e. The second-order valence-electron chi connectivity index (χ2n) is 5.55. The van der Waals surface area contributed by atoms with E-state index in [9.17, 15) is 4.79 Å². The summed E-state index contributed by atoms with van der Waals surface area (Å²) < 4.78 is 21.4. The van der Waals surface area contributed by atoms with Crippen LogP contribution in [0.25, 0.3) is 0 Å². The van der Waals surface area contributed by atoms with Crippen LogP contribution < -0.4 is 29.6 Å². The van der Waals surface area contributed by atoms with E-state index in [2.05, 4.69) is 10.6 Å². The van der Waals surface area contributed by atoms with Gasteiger partial charge in [-0.05, 0) is 30.7 Å². The summed E-state index contributed by atoms with van der Waals surface area (Å²) in [6, 6.07) is 8.32. The van der Waals surface area contributed by atoms with Crippen LogP contribution in [0.15, 0.2) is 30.3 Å². The minimum atomic E-state index is -0.375. The first-order chi connectivity index (χ1) is 13.0. The molecule has 0 heterocycles. The first kappa shape index (κ1) is 20.5. The van der Waals surface area contributed by atoms with E-state index in [0.717, 1.165) is 5.56 Å². The van der Waals surface area contributed by atoms with Crippen molar-refractivity contribution in [2.24, 2.45) is 0 Å². The fourth-order valence-corrected chi connectivity index (χ4v) is 2.49. The number of halogens is 1.